The van der Waals surface area contributed by atoms with Crippen molar-refractivity contribution >= 4 is 5.97 Å². The van der Waals surface area contributed by atoms with E-state index in [0.29, 0.717) is 0 Å². The van der Waals surface area contributed by atoms with E-state index in [1.807, 2.05) is 6.92 Å². The van der Waals surface area contributed by atoms with Crippen molar-refractivity contribution in [3.05, 3.63) is 0 Å². The Bertz CT molecular complexity index is 263. The van der Waals surface area contributed by atoms with Crippen LogP contribution in [-0.2, 0) is 4.79 Å². The van der Waals surface area contributed by atoms with Gasteiger partial charge in [0.25, 0.3) is 0 Å². The molecular formula is C14H25NO2. The number of hydrogen-bond acceptors (Lipinski definition) is 2. The van der Waals surface area contributed by atoms with E-state index in [2.05, 4.69) is 4.90 Å². The SMILES string of the molecule is CCC1(C(=O)O)CCN(C2CCCCC2)CC1. The molecule has 0 spiro atoms. The normalized spacial score (nSPS) is 26.9. The monoisotopic (exact) mass is 239 g/mol. The maximum absolute atomic E-state index is 11.4. The second kappa shape index (κ2) is 5.38. The molecule has 0 aromatic heterocycles. The molecule has 1 aliphatic heterocycles. The molecule has 3 heteroatoms. The number of likely N-dealkylation sites (tertiary alicyclic amines) is 1. The summed E-state index contributed by atoms with van der Waals surface area (Å²) in [5.41, 5.74) is -0.425. The molecule has 0 bridgehead atoms. The van der Waals surface area contributed by atoms with E-state index in [4.69, 9.17) is 0 Å². The summed E-state index contributed by atoms with van der Waals surface area (Å²) in [6, 6.07) is 0.743. The quantitative estimate of drug-likeness (QED) is 0.823. The van der Waals surface area contributed by atoms with E-state index >= 15 is 0 Å². The molecule has 98 valence electrons. The first kappa shape index (κ1) is 12.9. The van der Waals surface area contributed by atoms with E-state index in [9.17, 15) is 9.90 Å². The fourth-order valence-corrected chi connectivity index (χ4v) is 3.48. The molecule has 0 aromatic carbocycles. The summed E-state index contributed by atoms with van der Waals surface area (Å²) in [6.07, 6.45) is 9.22. The zero-order chi connectivity index (χ0) is 12.3. The summed E-state index contributed by atoms with van der Waals surface area (Å²) in [4.78, 5) is 13.9. The third-order valence-electron chi connectivity index (χ3n) is 4.98. The van der Waals surface area contributed by atoms with Crippen LogP contribution in [0, 0.1) is 5.41 Å². The van der Waals surface area contributed by atoms with E-state index in [0.717, 1.165) is 38.4 Å². The average Bonchev–Trinajstić information content (AvgIpc) is 2.39. The molecule has 0 radical (unpaired) electrons. The molecule has 0 unspecified atom stereocenters. The largest absolute Gasteiger partial charge is 0.481 e. The van der Waals surface area contributed by atoms with Crippen molar-refractivity contribution in [3.8, 4) is 0 Å². The van der Waals surface area contributed by atoms with E-state index in [1.54, 1.807) is 0 Å². The second-order valence-corrected chi connectivity index (χ2v) is 5.77. The molecule has 17 heavy (non-hydrogen) atoms. The predicted molar refractivity (Wildman–Crippen MR) is 68.0 cm³/mol. The fourth-order valence-electron chi connectivity index (χ4n) is 3.48. The van der Waals surface area contributed by atoms with Gasteiger partial charge in [-0.3, -0.25) is 4.79 Å². The topological polar surface area (TPSA) is 40.5 Å². The first-order valence-corrected chi connectivity index (χ1v) is 7.15. The van der Waals surface area contributed by atoms with Crippen molar-refractivity contribution in [3.63, 3.8) is 0 Å². The van der Waals surface area contributed by atoms with Crippen molar-refractivity contribution < 1.29 is 9.90 Å². The molecule has 2 aliphatic rings. The Kier molecular flexibility index (Phi) is 4.08. The highest BCUT2D eigenvalue weighted by Gasteiger charge is 2.41. The molecule has 1 heterocycles. The zero-order valence-electron chi connectivity index (χ0n) is 11.0. The van der Waals surface area contributed by atoms with Crippen LogP contribution in [0.25, 0.3) is 0 Å². The summed E-state index contributed by atoms with van der Waals surface area (Å²) < 4.78 is 0. The van der Waals surface area contributed by atoms with Gasteiger partial charge in [0.1, 0.15) is 0 Å². The number of hydrogen-bond donors (Lipinski definition) is 1. The maximum Gasteiger partial charge on any atom is 0.309 e. The van der Waals surface area contributed by atoms with Crippen molar-refractivity contribution in [2.24, 2.45) is 5.41 Å². The lowest BCUT2D eigenvalue weighted by Gasteiger charge is -2.43. The highest BCUT2D eigenvalue weighted by Crippen LogP contribution is 2.37. The van der Waals surface area contributed by atoms with Gasteiger partial charge in [-0.15, -0.1) is 0 Å². The molecule has 0 atom stereocenters. The van der Waals surface area contributed by atoms with Crippen LogP contribution in [0.2, 0.25) is 0 Å². The third kappa shape index (κ3) is 2.65. The van der Waals surface area contributed by atoms with Crippen molar-refractivity contribution in [2.45, 2.75) is 64.3 Å². The maximum atomic E-state index is 11.4. The van der Waals surface area contributed by atoms with Crippen molar-refractivity contribution in [1.82, 2.24) is 4.90 Å². The van der Waals surface area contributed by atoms with Crippen LogP contribution in [0.5, 0.6) is 0 Å². The summed E-state index contributed by atoms with van der Waals surface area (Å²) in [6.45, 7) is 4.00. The van der Waals surface area contributed by atoms with Crippen molar-refractivity contribution in [2.75, 3.05) is 13.1 Å². The number of carbonyl (C=O) groups is 1. The lowest BCUT2D eigenvalue weighted by atomic mass is 9.75. The van der Waals surface area contributed by atoms with Gasteiger partial charge in [0.15, 0.2) is 0 Å². The number of carboxylic acid groups (broad SMARTS) is 1. The van der Waals surface area contributed by atoms with Gasteiger partial charge < -0.3 is 10.0 Å². The molecule has 1 saturated heterocycles. The minimum absolute atomic E-state index is 0.425. The Morgan fingerprint density at radius 3 is 2.29 bits per heavy atom. The lowest BCUT2D eigenvalue weighted by Crippen LogP contribution is -2.48. The van der Waals surface area contributed by atoms with Crippen LogP contribution in [0.3, 0.4) is 0 Å². The van der Waals surface area contributed by atoms with Crippen LogP contribution in [-0.4, -0.2) is 35.1 Å². The smallest absolute Gasteiger partial charge is 0.309 e. The van der Waals surface area contributed by atoms with E-state index in [-0.39, 0.29) is 0 Å². The number of aliphatic carboxylic acids is 1. The summed E-state index contributed by atoms with van der Waals surface area (Å²) in [5.74, 6) is -0.580. The zero-order valence-corrected chi connectivity index (χ0v) is 11.0. The molecule has 1 aliphatic carbocycles. The predicted octanol–water partition coefficient (Wildman–Crippen LogP) is 2.90. The molecule has 1 saturated carbocycles. The highest BCUT2D eigenvalue weighted by atomic mass is 16.4. The van der Waals surface area contributed by atoms with E-state index in [1.165, 1.54) is 32.1 Å². The van der Waals surface area contributed by atoms with Crippen molar-refractivity contribution in [1.29, 1.82) is 0 Å². The molecule has 3 nitrogen and oxygen atoms in total. The molecule has 2 fully saturated rings. The Morgan fingerprint density at radius 1 is 1.24 bits per heavy atom. The summed E-state index contributed by atoms with van der Waals surface area (Å²) in [7, 11) is 0. The number of piperidine rings is 1. The highest BCUT2D eigenvalue weighted by molar-refractivity contribution is 5.74. The van der Waals surface area contributed by atoms with E-state index < -0.39 is 11.4 Å². The van der Waals surface area contributed by atoms with Gasteiger partial charge in [0, 0.05) is 6.04 Å². The summed E-state index contributed by atoms with van der Waals surface area (Å²) in [5, 5.41) is 9.37. The average molecular weight is 239 g/mol. The molecule has 0 aromatic rings. The third-order valence-corrected chi connectivity index (χ3v) is 4.98. The number of nitrogens with zero attached hydrogens (tertiary/aromatic N) is 1. The Hall–Kier alpha value is -0.570. The van der Waals surface area contributed by atoms with Gasteiger partial charge in [-0.25, -0.2) is 0 Å². The van der Waals surface area contributed by atoms with Gasteiger partial charge in [0.2, 0.25) is 0 Å². The molecular weight excluding hydrogens is 214 g/mol. The Labute approximate surface area is 104 Å². The first-order valence-electron chi connectivity index (χ1n) is 7.15. The van der Waals surface area contributed by atoms with Crippen LogP contribution >= 0.6 is 0 Å². The van der Waals surface area contributed by atoms with Gasteiger partial charge >= 0.3 is 5.97 Å². The van der Waals surface area contributed by atoms with Gasteiger partial charge in [-0.2, -0.15) is 0 Å². The van der Waals surface area contributed by atoms with Gasteiger partial charge in [0.05, 0.1) is 5.41 Å². The molecule has 1 N–H and O–H groups in total. The van der Waals surface area contributed by atoms with Crippen LogP contribution in [0.15, 0.2) is 0 Å². The molecule has 0 amide bonds. The summed E-state index contributed by atoms with van der Waals surface area (Å²) >= 11 is 0. The van der Waals surface area contributed by atoms with Crippen LogP contribution in [0.4, 0.5) is 0 Å². The van der Waals surface area contributed by atoms with Crippen LogP contribution in [0.1, 0.15) is 58.3 Å². The molecule has 2 rings (SSSR count). The Morgan fingerprint density at radius 2 is 1.82 bits per heavy atom. The minimum atomic E-state index is -0.580. The van der Waals surface area contributed by atoms with Crippen LogP contribution < -0.4 is 0 Å². The lowest BCUT2D eigenvalue weighted by molar-refractivity contribution is -0.152. The standard InChI is InChI=1S/C14H25NO2/c1-2-14(13(16)17)8-10-15(11-9-14)12-6-4-3-5-7-12/h12H,2-11H2,1H3,(H,16,17). The van der Waals surface area contributed by atoms with Gasteiger partial charge in [-0.05, 0) is 45.2 Å². The van der Waals surface area contributed by atoms with Gasteiger partial charge in [-0.1, -0.05) is 26.2 Å². The number of rotatable bonds is 3. The fraction of sp³-hybridized carbons (Fsp3) is 0.929. The first-order chi connectivity index (χ1) is 8.18. The minimum Gasteiger partial charge on any atom is -0.481 e. The Balaban J connectivity index is 1.90. The number of carboxylic acids is 1. The second-order valence-electron chi connectivity index (χ2n) is 5.77.